The molecule has 0 heterocycles. The Kier molecular flexibility index (Phi) is 9.12. The summed E-state index contributed by atoms with van der Waals surface area (Å²) in [5.74, 6) is -0.386. The van der Waals surface area contributed by atoms with E-state index in [2.05, 4.69) is 6.92 Å². The molecule has 0 radical (unpaired) electrons. The predicted molar refractivity (Wildman–Crippen MR) is 87.3 cm³/mol. The molecule has 0 fully saturated rings. The number of rotatable bonds is 11. The van der Waals surface area contributed by atoms with Crippen molar-refractivity contribution in [3.63, 3.8) is 0 Å². The van der Waals surface area contributed by atoms with Gasteiger partial charge in [0.1, 0.15) is 17.2 Å². The molecule has 0 saturated heterocycles. The molecule has 0 aliphatic heterocycles. The average molecular weight is 308 g/mol. The lowest BCUT2D eigenvalue weighted by Crippen LogP contribution is -2.07. The molecule has 1 aromatic carbocycles. The van der Waals surface area contributed by atoms with Crippen LogP contribution in [0.5, 0.6) is 17.2 Å². The van der Waals surface area contributed by atoms with Gasteiger partial charge in [-0.05, 0) is 6.42 Å². The molecule has 4 heteroatoms. The van der Waals surface area contributed by atoms with E-state index in [-0.39, 0.29) is 23.2 Å². The summed E-state index contributed by atoms with van der Waals surface area (Å²) in [6, 6.07) is 3.82. The second-order valence-electron chi connectivity index (χ2n) is 5.74. The number of carbonyl (C=O) groups is 1. The van der Waals surface area contributed by atoms with Gasteiger partial charge in [0.2, 0.25) is 0 Å². The highest BCUT2D eigenvalue weighted by atomic mass is 16.5. The van der Waals surface area contributed by atoms with E-state index in [1.165, 1.54) is 56.7 Å². The molecular weight excluding hydrogens is 280 g/mol. The first-order chi connectivity index (χ1) is 10.6. The monoisotopic (exact) mass is 308 g/mol. The highest BCUT2D eigenvalue weighted by Gasteiger charge is 2.07. The van der Waals surface area contributed by atoms with Gasteiger partial charge in [-0.1, -0.05) is 58.3 Å². The Labute approximate surface area is 133 Å². The van der Waals surface area contributed by atoms with Crippen molar-refractivity contribution in [3.8, 4) is 17.2 Å². The minimum atomic E-state index is -0.326. The standard InChI is InChI=1S/C18H28O4/c1-2-3-4-5-6-7-8-9-10-11-18(21)22-17-13-15(19)12-16(20)14-17/h12-14,19-20H,2-11H2,1H3. The number of phenolic OH excluding ortho intramolecular Hbond substituents is 2. The molecule has 1 aromatic rings. The summed E-state index contributed by atoms with van der Waals surface area (Å²) in [4.78, 5) is 11.7. The Morgan fingerprint density at radius 1 is 0.864 bits per heavy atom. The first-order valence-corrected chi connectivity index (χ1v) is 8.35. The number of ether oxygens (including phenoxy) is 1. The minimum Gasteiger partial charge on any atom is -0.508 e. The van der Waals surface area contributed by atoms with Crippen LogP contribution in [0.1, 0.15) is 71.1 Å². The second-order valence-corrected chi connectivity index (χ2v) is 5.74. The van der Waals surface area contributed by atoms with Gasteiger partial charge in [0.15, 0.2) is 0 Å². The molecule has 0 aromatic heterocycles. The van der Waals surface area contributed by atoms with Crippen molar-refractivity contribution in [2.45, 2.75) is 71.1 Å². The van der Waals surface area contributed by atoms with Gasteiger partial charge in [-0.2, -0.15) is 0 Å². The van der Waals surface area contributed by atoms with E-state index in [0.717, 1.165) is 19.3 Å². The Bertz CT molecular complexity index is 422. The molecule has 4 nitrogen and oxygen atoms in total. The van der Waals surface area contributed by atoms with Crippen LogP contribution < -0.4 is 4.74 Å². The van der Waals surface area contributed by atoms with Gasteiger partial charge in [0.05, 0.1) is 0 Å². The fourth-order valence-corrected chi connectivity index (χ4v) is 2.39. The maximum absolute atomic E-state index is 11.7. The molecular formula is C18H28O4. The summed E-state index contributed by atoms with van der Waals surface area (Å²) in [6.07, 6.45) is 11.2. The smallest absolute Gasteiger partial charge is 0.311 e. The molecule has 0 unspecified atom stereocenters. The zero-order valence-electron chi connectivity index (χ0n) is 13.5. The molecule has 1 rings (SSSR count). The van der Waals surface area contributed by atoms with Crippen molar-refractivity contribution in [2.75, 3.05) is 0 Å². The van der Waals surface area contributed by atoms with Crippen LogP contribution in [0.4, 0.5) is 0 Å². The molecule has 0 atom stereocenters. The number of esters is 1. The first kappa shape index (κ1) is 18.3. The van der Waals surface area contributed by atoms with Gasteiger partial charge < -0.3 is 14.9 Å². The molecule has 0 spiro atoms. The largest absolute Gasteiger partial charge is 0.508 e. The first-order valence-electron chi connectivity index (χ1n) is 8.35. The summed E-state index contributed by atoms with van der Waals surface area (Å²) < 4.78 is 5.09. The Balaban J connectivity index is 2.06. The molecule has 124 valence electrons. The van der Waals surface area contributed by atoms with E-state index in [1.807, 2.05) is 0 Å². The topological polar surface area (TPSA) is 66.8 Å². The van der Waals surface area contributed by atoms with E-state index in [0.29, 0.717) is 6.42 Å². The van der Waals surface area contributed by atoms with Gasteiger partial charge in [-0.3, -0.25) is 4.79 Å². The van der Waals surface area contributed by atoms with Crippen LogP contribution in [0.15, 0.2) is 18.2 Å². The second kappa shape index (κ2) is 10.9. The molecule has 0 saturated carbocycles. The zero-order chi connectivity index (χ0) is 16.2. The van der Waals surface area contributed by atoms with Crippen LogP contribution in [-0.2, 0) is 4.79 Å². The summed E-state index contributed by atoms with van der Waals surface area (Å²) in [6.45, 7) is 2.22. The summed E-state index contributed by atoms with van der Waals surface area (Å²) in [5.41, 5.74) is 0. The van der Waals surface area contributed by atoms with Crippen molar-refractivity contribution >= 4 is 5.97 Å². The maximum atomic E-state index is 11.7. The third-order valence-corrected chi connectivity index (χ3v) is 3.59. The van der Waals surface area contributed by atoms with Gasteiger partial charge >= 0.3 is 5.97 Å². The van der Waals surface area contributed by atoms with Crippen LogP contribution >= 0.6 is 0 Å². The summed E-state index contributed by atoms with van der Waals surface area (Å²) >= 11 is 0. The van der Waals surface area contributed by atoms with Crippen LogP contribution in [0, 0.1) is 0 Å². The van der Waals surface area contributed by atoms with Gasteiger partial charge in [-0.25, -0.2) is 0 Å². The minimum absolute atomic E-state index is 0.120. The summed E-state index contributed by atoms with van der Waals surface area (Å²) in [7, 11) is 0. The number of hydrogen-bond acceptors (Lipinski definition) is 4. The lowest BCUT2D eigenvalue weighted by Gasteiger charge is -2.05. The highest BCUT2D eigenvalue weighted by molar-refractivity contribution is 5.72. The van der Waals surface area contributed by atoms with Gasteiger partial charge in [0, 0.05) is 24.6 Å². The molecule has 0 aliphatic carbocycles. The van der Waals surface area contributed by atoms with Crippen LogP contribution in [0.3, 0.4) is 0 Å². The molecule has 0 aliphatic rings. The number of benzene rings is 1. The van der Waals surface area contributed by atoms with Crippen LogP contribution in [0.2, 0.25) is 0 Å². The van der Waals surface area contributed by atoms with Crippen molar-refractivity contribution in [3.05, 3.63) is 18.2 Å². The fourth-order valence-electron chi connectivity index (χ4n) is 2.39. The number of aromatic hydroxyl groups is 2. The number of carbonyl (C=O) groups excluding carboxylic acids is 1. The molecule has 0 bridgehead atoms. The van der Waals surface area contributed by atoms with Crippen LogP contribution in [-0.4, -0.2) is 16.2 Å². The number of hydrogen-bond donors (Lipinski definition) is 2. The van der Waals surface area contributed by atoms with E-state index in [4.69, 9.17) is 4.74 Å². The van der Waals surface area contributed by atoms with Crippen molar-refractivity contribution in [2.24, 2.45) is 0 Å². The molecule has 0 amide bonds. The van der Waals surface area contributed by atoms with E-state index in [9.17, 15) is 15.0 Å². The van der Waals surface area contributed by atoms with Gasteiger partial charge in [-0.15, -0.1) is 0 Å². The Hall–Kier alpha value is -1.71. The quantitative estimate of drug-likeness (QED) is 0.346. The average Bonchev–Trinajstić information content (AvgIpc) is 2.44. The Morgan fingerprint density at radius 3 is 1.91 bits per heavy atom. The normalized spacial score (nSPS) is 10.6. The van der Waals surface area contributed by atoms with Crippen molar-refractivity contribution < 1.29 is 19.7 Å². The van der Waals surface area contributed by atoms with Crippen LogP contribution in [0.25, 0.3) is 0 Å². The predicted octanol–water partition coefficient (Wildman–Crippen LogP) is 4.92. The van der Waals surface area contributed by atoms with E-state index < -0.39 is 0 Å². The van der Waals surface area contributed by atoms with Gasteiger partial charge in [0.25, 0.3) is 0 Å². The number of unbranched alkanes of at least 4 members (excludes halogenated alkanes) is 8. The third-order valence-electron chi connectivity index (χ3n) is 3.59. The van der Waals surface area contributed by atoms with E-state index in [1.54, 1.807) is 0 Å². The Morgan fingerprint density at radius 2 is 1.36 bits per heavy atom. The SMILES string of the molecule is CCCCCCCCCCCC(=O)Oc1cc(O)cc(O)c1. The van der Waals surface area contributed by atoms with Crippen molar-refractivity contribution in [1.82, 2.24) is 0 Å². The van der Waals surface area contributed by atoms with E-state index >= 15 is 0 Å². The third kappa shape index (κ3) is 8.55. The number of phenols is 2. The zero-order valence-corrected chi connectivity index (χ0v) is 13.5. The lowest BCUT2D eigenvalue weighted by atomic mass is 10.1. The molecule has 22 heavy (non-hydrogen) atoms. The molecule has 2 N–H and O–H groups in total. The highest BCUT2D eigenvalue weighted by Crippen LogP contribution is 2.26. The lowest BCUT2D eigenvalue weighted by molar-refractivity contribution is -0.134. The summed E-state index contributed by atoms with van der Waals surface area (Å²) in [5, 5.41) is 18.6. The van der Waals surface area contributed by atoms with Crippen molar-refractivity contribution in [1.29, 1.82) is 0 Å². The fraction of sp³-hybridized carbons (Fsp3) is 0.611. The maximum Gasteiger partial charge on any atom is 0.311 e.